The minimum atomic E-state index is -1.03. The van der Waals surface area contributed by atoms with Crippen molar-refractivity contribution in [1.29, 1.82) is 0 Å². The van der Waals surface area contributed by atoms with Gasteiger partial charge in [0.05, 0.1) is 30.6 Å². The summed E-state index contributed by atoms with van der Waals surface area (Å²) < 4.78 is 19.1. The van der Waals surface area contributed by atoms with Gasteiger partial charge in [-0.25, -0.2) is 9.59 Å². The maximum absolute atomic E-state index is 13.1. The van der Waals surface area contributed by atoms with Crippen molar-refractivity contribution in [2.24, 2.45) is 0 Å². The summed E-state index contributed by atoms with van der Waals surface area (Å²) in [6.45, 7) is 3.26. The molecule has 1 aliphatic heterocycles. The molecule has 2 heterocycles. The van der Waals surface area contributed by atoms with Gasteiger partial charge in [0, 0.05) is 39.5 Å². The number of carbonyl (C=O) groups excluding carboxylic acids is 1. The Bertz CT molecular complexity index is 1590. The lowest BCUT2D eigenvalue weighted by molar-refractivity contribution is 0.0696. The minimum absolute atomic E-state index is 0.0651. The standard InChI is InChI=1S/C30H27Cl2N3O6/c1-19-24(31)6-3-8-27(19)39-13-14-41-30(38)35-11-4-12-40-28-23(5-2-7-26(28)35)22-16-33-34(18-22)17-21-15-20(29(36)37)9-10-25(21)32/h2-3,5-10,15-16,18H,4,11-14,17H2,1H3,(H,36,37). The molecule has 0 fully saturated rings. The molecule has 0 saturated heterocycles. The topological polar surface area (TPSA) is 103 Å². The summed E-state index contributed by atoms with van der Waals surface area (Å²) in [4.78, 5) is 26.1. The molecule has 0 bridgehead atoms. The molecule has 0 unspecified atom stereocenters. The number of nitrogens with zero attached hydrogens (tertiary/aromatic N) is 3. The molecule has 1 N–H and O–H groups in total. The Morgan fingerprint density at radius 2 is 1.90 bits per heavy atom. The van der Waals surface area contributed by atoms with Gasteiger partial charge in [-0.05, 0) is 55.3 Å². The van der Waals surface area contributed by atoms with E-state index in [2.05, 4.69) is 5.10 Å². The third-order valence-electron chi connectivity index (χ3n) is 6.63. The van der Waals surface area contributed by atoms with Crippen LogP contribution in [0, 0.1) is 6.92 Å². The average molecular weight is 596 g/mol. The van der Waals surface area contributed by atoms with Crippen molar-refractivity contribution in [2.75, 3.05) is 31.3 Å². The van der Waals surface area contributed by atoms with E-state index in [0.29, 0.717) is 52.4 Å². The van der Waals surface area contributed by atoms with Crippen molar-refractivity contribution < 1.29 is 28.9 Å². The van der Waals surface area contributed by atoms with Gasteiger partial charge in [0.1, 0.15) is 19.0 Å². The van der Waals surface area contributed by atoms with E-state index in [1.165, 1.54) is 12.1 Å². The zero-order chi connectivity index (χ0) is 28.9. The molecule has 3 aromatic carbocycles. The number of rotatable bonds is 8. The second-order valence-corrected chi connectivity index (χ2v) is 10.2. The van der Waals surface area contributed by atoms with Crippen molar-refractivity contribution in [1.82, 2.24) is 9.78 Å². The number of carbonyl (C=O) groups is 2. The number of para-hydroxylation sites is 1. The van der Waals surface area contributed by atoms with Gasteiger partial charge in [-0.3, -0.25) is 9.58 Å². The van der Waals surface area contributed by atoms with Crippen molar-refractivity contribution >= 4 is 41.0 Å². The molecule has 4 aromatic rings. The SMILES string of the molecule is Cc1c(Cl)cccc1OCCOC(=O)N1CCCOc2c(-c3cnn(Cc4cc(C(=O)O)ccc4Cl)c3)cccc21. The molecule has 0 radical (unpaired) electrons. The highest BCUT2D eigenvalue weighted by atomic mass is 35.5. The molecule has 5 rings (SSSR count). The van der Waals surface area contributed by atoms with Crippen molar-refractivity contribution in [3.63, 3.8) is 0 Å². The van der Waals surface area contributed by atoms with E-state index >= 15 is 0 Å². The number of hydrogen-bond acceptors (Lipinski definition) is 6. The zero-order valence-electron chi connectivity index (χ0n) is 22.2. The number of anilines is 1. The van der Waals surface area contributed by atoms with Gasteiger partial charge in [0.25, 0.3) is 0 Å². The summed E-state index contributed by atoms with van der Waals surface area (Å²) in [6.07, 6.45) is 3.64. The predicted octanol–water partition coefficient (Wildman–Crippen LogP) is 6.72. The third-order valence-corrected chi connectivity index (χ3v) is 7.41. The maximum Gasteiger partial charge on any atom is 0.414 e. The van der Waals surface area contributed by atoms with Gasteiger partial charge >= 0.3 is 12.1 Å². The Morgan fingerprint density at radius 1 is 1.07 bits per heavy atom. The Kier molecular flexibility index (Phi) is 8.66. The number of halogens is 2. The number of fused-ring (bicyclic) bond motifs is 1. The van der Waals surface area contributed by atoms with Crippen LogP contribution < -0.4 is 14.4 Å². The van der Waals surface area contributed by atoms with Gasteiger partial charge < -0.3 is 19.3 Å². The van der Waals surface area contributed by atoms with Gasteiger partial charge in [-0.2, -0.15) is 5.10 Å². The molecule has 1 aliphatic rings. The average Bonchev–Trinajstić information content (AvgIpc) is 3.31. The Labute approximate surface area is 246 Å². The van der Waals surface area contributed by atoms with E-state index in [1.807, 2.05) is 37.4 Å². The van der Waals surface area contributed by atoms with Crippen LogP contribution in [0.4, 0.5) is 10.5 Å². The fraction of sp³-hybridized carbons (Fsp3) is 0.233. The Morgan fingerprint density at radius 3 is 2.73 bits per heavy atom. The summed E-state index contributed by atoms with van der Waals surface area (Å²) in [6, 6.07) is 15.5. The minimum Gasteiger partial charge on any atom is -0.491 e. The zero-order valence-corrected chi connectivity index (χ0v) is 23.7. The van der Waals surface area contributed by atoms with Crippen LogP contribution in [0.5, 0.6) is 11.5 Å². The summed E-state index contributed by atoms with van der Waals surface area (Å²) >= 11 is 12.5. The van der Waals surface area contributed by atoms with Crippen LogP contribution in [-0.4, -0.2) is 53.3 Å². The highest BCUT2D eigenvalue weighted by Crippen LogP contribution is 2.40. The number of carboxylic acid groups (broad SMARTS) is 1. The molecule has 0 atom stereocenters. The smallest absolute Gasteiger partial charge is 0.414 e. The van der Waals surface area contributed by atoms with E-state index in [9.17, 15) is 14.7 Å². The second-order valence-electron chi connectivity index (χ2n) is 9.37. The molecule has 0 aliphatic carbocycles. The number of aromatic nitrogens is 2. The molecular formula is C30H27Cl2N3O6. The fourth-order valence-electron chi connectivity index (χ4n) is 4.52. The number of benzene rings is 3. The lowest BCUT2D eigenvalue weighted by atomic mass is 10.1. The van der Waals surface area contributed by atoms with E-state index < -0.39 is 12.1 Å². The monoisotopic (exact) mass is 595 g/mol. The van der Waals surface area contributed by atoms with Crippen LogP contribution in [0.1, 0.15) is 27.9 Å². The lowest BCUT2D eigenvalue weighted by Crippen LogP contribution is -2.33. The number of carboxylic acids is 1. The van der Waals surface area contributed by atoms with Crippen LogP contribution in [0.25, 0.3) is 11.1 Å². The molecule has 0 saturated carbocycles. The molecule has 0 spiro atoms. The number of amides is 1. The van der Waals surface area contributed by atoms with Crippen molar-refractivity contribution in [3.05, 3.63) is 93.7 Å². The Hall–Kier alpha value is -4.21. The molecule has 1 aromatic heterocycles. The van der Waals surface area contributed by atoms with Gasteiger partial charge in [-0.15, -0.1) is 0 Å². The highest BCUT2D eigenvalue weighted by Gasteiger charge is 2.26. The molecular weight excluding hydrogens is 569 g/mol. The van der Waals surface area contributed by atoms with E-state index in [4.69, 9.17) is 37.4 Å². The molecule has 41 heavy (non-hydrogen) atoms. The first-order valence-electron chi connectivity index (χ1n) is 12.9. The second kappa shape index (κ2) is 12.5. The fourth-order valence-corrected chi connectivity index (χ4v) is 4.86. The summed E-state index contributed by atoms with van der Waals surface area (Å²) in [5, 5.41) is 14.8. The summed E-state index contributed by atoms with van der Waals surface area (Å²) in [5.74, 6) is 0.169. The molecule has 9 nitrogen and oxygen atoms in total. The van der Waals surface area contributed by atoms with Gasteiger partial charge in [-0.1, -0.05) is 41.4 Å². The quantitative estimate of drug-likeness (QED) is 0.226. The molecule has 212 valence electrons. The van der Waals surface area contributed by atoms with Crippen LogP contribution in [0.3, 0.4) is 0 Å². The van der Waals surface area contributed by atoms with E-state index in [0.717, 1.165) is 16.7 Å². The van der Waals surface area contributed by atoms with E-state index in [-0.39, 0.29) is 25.3 Å². The molecule has 1 amide bonds. The van der Waals surface area contributed by atoms with Crippen molar-refractivity contribution in [3.8, 4) is 22.6 Å². The lowest BCUT2D eigenvalue weighted by Gasteiger charge is -2.22. The number of ether oxygens (including phenoxy) is 3. The van der Waals surface area contributed by atoms with E-state index in [1.54, 1.807) is 34.0 Å². The van der Waals surface area contributed by atoms with Gasteiger partial charge in [0.2, 0.25) is 0 Å². The Balaban J connectivity index is 1.30. The number of aromatic carboxylic acids is 1. The highest BCUT2D eigenvalue weighted by molar-refractivity contribution is 6.31. The number of hydrogen-bond donors (Lipinski definition) is 1. The maximum atomic E-state index is 13.1. The van der Waals surface area contributed by atoms with Crippen molar-refractivity contribution in [2.45, 2.75) is 19.9 Å². The summed E-state index contributed by atoms with van der Waals surface area (Å²) in [7, 11) is 0. The first kappa shape index (κ1) is 28.3. The van der Waals surface area contributed by atoms with Crippen LogP contribution in [0.15, 0.2) is 67.0 Å². The van der Waals surface area contributed by atoms with Crippen LogP contribution >= 0.6 is 23.2 Å². The first-order valence-corrected chi connectivity index (χ1v) is 13.7. The predicted molar refractivity (Wildman–Crippen MR) is 156 cm³/mol. The normalized spacial score (nSPS) is 12.7. The van der Waals surface area contributed by atoms with Crippen LogP contribution in [0.2, 0.25) is 10.0 Å². The third kappa shape index (κ3) is 6.42. The largest absolute Gasteiger partial charge is 0.491 e. The first-order chi connectivity index (χ1) is 19.8. The van der Waals surface area contributed by atoms with Crippen LogP contribution in [-0.2, 0) is 11.3 Å². The van der Waals surface area contributed by atoms with Gasteiger partial charge in [0.15, 0.2) is 5.75 Å². The molecule has 11 heteroatoms. The summed E-state index contributed by atoms with van der Waals surface area (Å²) in [5.41, 5.74) is 3.74.